The Morgan fingerprint density at radius 3 is 2.61 bits per heavy atom. The van der Waals surface area contributed by atoms with E-state index in [1.807, 2.05) is 49.4 Å². The molecule has 0 aliphatic rings. The Hall–Kier alpha value is -4.02. The van der Waals surface area contributed by atoms with Crippen molar-refractivity contribution < 1.29 is 9.15 Å². The minimum absolute atomic E-state index is 0.0273. The number of aromatic nitrogens is 1. The second-order valence-corrected chi connectivity index (χ2v) is 6.31. The first-order valence-corrected chi connectivity index (χ1v) is 8.77. The molecule has 0 saturated heterocycles. The molecule has 4 nitrogen and oxygen atoms in total. The van der Waals surface area contributed by atoms with Crippen molar-refractivity contribution in [3.05, 3.63) is 72.0 Å². The van der Waals surface area contributed by atoms with E-state index < -0.39 is 0 Å². The summed E-state index contributed by atoms with van der Waals surface area (Å²) in [4.78, 5) is 4.57. The van der Waals surface area contributed by atoms with Crippen molar-refractivity contribution >= 4 is 10.8 Å². The van der Waals surface area contributed by atoms with Crippen LogP contribution >= 0.6 is 0 Å². The van der Waals surface area contributed by atoms with E-state index in [-0.39, 0.29) is 12.5 Å². The molecule has 2 aromatic heterocycles. The lowest BCUT2D eigenvalue weighted by molar-refractivity contribution is 0.355. The van der Waals surface area contributed by atoms with Gasteiger partial charge in [0.15, 0.2) is 6.61 Å². The van der Waals surface area contributed by atoms with E-state index in [1.165, 1.54) is 0 Å². The van der Waals surface area contributed by atoms with Gasteiger partial charge in [-0.3, -0.25) is 0 Å². The summed E-state index contributed by atoms with van der Waals surface area (Å²) in [7, 11) is 0. The van der Waals surface area contributed by atoms with Gasteiger partial charge in [-0.1, -0.05) is 42.3 Å². The van der Waals surface area contributed by atoms with Crippen LogP contribution in [0.4, 0.5) is 0 Å². The van der Waals surface area contributed by atoms with Crippen LogP contribution in [0.2, 0.25) is 0 Å². The second-order valence-electron chi connectivity index (χ2n) is 6.31. The van der Waals surface area contributed by atoms with Gasteiger partial charge in [0.05, 0.1) is 5.69 Å². The molecule has 0 spiro atoms. The predicted molar refractivity (Wildman–Crippen MR) is 109 cm³/mol. The third kappa shape index (κ3) is 3.20. The number of hydrogen-bond acceptors (Lipinski definition) is 4. The van der Waals surface area contributed by atoms with Gasteiger partial charge in [0.2, 0.25) is 5.88 Å². The molecule has 0 saturated carbocycles. The normalized spacial score (nSPS) is 10.4. The molecule has 0 atom stereocenters. The van der Waals surface area contributed by atoms with Crippen LogP contribution in [0, 0.1) is 30.6 Å². The van der Waals surface area contributed by atoms with Crippen LogP contribution in [0.25, 0.3) is 33.4 Å². The fourth-order valence-electron chi connectivity index (χ4n) is 3.11. The summed E-state index contributed by atoms with van der Waals surface area (Å²) in [5.41, 5.74) is 2.52. The highest BCUT2D eigenvalue weighted by Gasteiger charge is 2.18. The SMILES string of the molecule is C#CCOc1nc(-c2ccc3ccccc3c2)cc(-c2ccc(C)o2)c1C#N. The van der Waals surface area contributed by atoms with Crippen molar-refractivity contribution in [1.29, 1.82) is 5.26 Å². The first-order valence-electron chi connectivity index (χ1n) is 8.77. The smallest absolute Gasteiger partial charge is 0.233 e. The van der Waals surface area contributed by atoms with E-state index in [2.05, 4.69) is 35.2 Å². The minimum atomic E-state index is 0.0273. The Bertz CT molecular complexity index is 1260. The summed E-state index contributed by atoms with van der Waals surface area (Å²) < 4.78 is 11.3. The molecular formula is C24H16N2O2. The van der Waals surface area contributed by atoms with Gasteiger partial charge >= 0.3 is 0 Å². The largest absolute Gasteiger partial charge is 0.464 e. The van der Waals surface area contributed by atoms with Crippen LogP contribution < -0.4 is 4.74 Å². The van der Waals surface area contributed by atoms with Gasteiger partial charge in [-0.05, 0) is 42.0 Å². The molecule has 134 valence electrons. The Morgan fingerprint density at radius 1 is 1.07 bits per heavy atom. The van der Waals surface area contributed by atoms with Crippen LogP contribution in [-0.2, 0) is 0 Å². The van der Waals surface area contributed by atoms with Crippen LogP contribution in [0.3, 0.4) is 0 Å². The lowest BCUT2D eigenvalue weighted by Crippen LogP contribution is -2.02. The van der Waals surface area contributed by atoms with E-state index in [4.69, 9.17) is 15.6 Å². The van der Waals surface area contributed by atoms with Crippen molar-refractivity contribution in [3.8, 4) is 46.9 Å². The molecule has 0 bridgehead atoms. The van der Waals surface area contributed by atoms with E-state index >= 15 is 0 Å². The molecule has 4 aromatic rings. The van der Waals surface area contributed by atoms with Crippen molar-refractivity contribution in [2.75, 3.05) is 6.61 Å². The Labute approximate surface area is 163 Å². The summed E-state index contributed by atoms with van der Waals surface area (Å²) in [6.07, 6.45) is 5.33. The van der Waals surface area contributed by atoms with Crippen LogP contribution in [0.5, 0.6) is 5.88 Å². The molecule has 4 rings (SSSR count). The molecule has 0 amide bonds. The zero-order chi connectivity index (χ0) is 19.5. The number of benzene rings is 2. The summed E-state index contributed by atoms with van der Waals surface area (Å²) in [6.45, 7) is 1.89. The minimum Gasteiger partial charge on any atom is -0.464 e. The van der Waals surface area contributed by atoms with Crippen LogP contribution in [-0.4, -0.2) is 11.6 Å². The highest BCUT2D eigenvalue weighted by molar-refractivity contribution is 5.87. The van der Waals surface area contributed by atoms with E-state index in [0.717, 1.165) is 22.1 Å². The molecule has 0 aliphatic heterocycles. The van der Waals surface area contributed by atoms with Crippen LogP contribution in [0.1, 0.15) is 11.3 Å². The van der Waals surface area contributed by atoms with E-state index in [9.17, 15) is 5.26 Å². The summed E-state index contributed by atoms with van der Waals surface area (Å²) in [5, 5.41) is 12.0. The maximum Gasteiger partial charge on any atom is 0.233 e. The molecule has 0 aliphatic carbocycles. The van der Waals surface area contributed by atoms with Crippen molar-refractivity contribution in [2.45, 2.75) is 6.92 Å². The molecule has 4 heteroatoms. The van der Waals surface area contributed by atoms with Gasteiger partial charge in [-0.15, -0.1) is 6.42 Å². The Kier molecular flexibility index (Phi) is 4.54. The standard InChI is InChI=1S/C24H16N2O2/c1-3-12-27-24-21(15-25)20(23-11-8-16(2)28-23)14-22(26-24)19-10-9-17-6-4-5-7-18(17)13-19/h1,4-11,13-14H,12H2,2H3. The van der Waals surface area contributed by atoms with Gasteiger partial charge in [0, 0.05) is 11.1 Å². The Morgan fingerprint density at radius 2 is 1.89 bits per heavy atom. The average Bonchev–Trinajstić information content (AvgIpc) is 3.17. The molecule has 2 heterocycles. The van der Waals surface area contributed by atoms with Gasteiger partial charge in [-0.25, -0.2) is 4.98 Å². The maximum absolute atomic E-state index is 9.71. The number of nitrogens with zero attached hydrogens (tertiary/aromatic N) is 2. The third-order valence-electron chi connectivity index (χ3n) is 4.44. The van der Waals surface area contributed by atoms with Crippen molar-refractivity contribution in [2.24, 2.45) is 0 Å². The number of rotatable bonds is 4. The molecule has 28 heavy (non-hydrogen) atoms. The first kappa shape index (κ1) is 17.4. The molecule has 2 aromatic carbocycles. The van der Waals surface area contributed by atoms with Crippen LogP contribution in [0.15, 0.2) is 65.1 Å². The van der Waals surface area contributed by atoms with Crippen molar-refractivity contribution in [1.82, 2.24) is 4.98 Å². The topological polar surface area (TPSA) is 59.1 Å². The van der Waals surface area contributed by atoms with Crippen molar-refractivity contribution in [3.63, 3.8) is 0 Å². The fourth-order valence-corrected chi connectivity index (χ4v) is 3.11. The number of furan rings is 1. The van der Waals surface area contributed by atoms with E-state index in [0.29, 0.717) is 22.6 Å². The monoisotopic (exact) mass is 364 g/mol. The van der Waals surface area contributed by atoms with Gasteiger partial charge in [0.25, 0.3) is 0 Å². The molecular weight excluding hydrogens is 348 g/mol. The third-order valence-corrected chi connectivity index (χ3v) is 4.44. The molecule has 0 N–H and O–H groups in total. The fraction of sp³-hybridized carbons (Fsp3) is 0.0833. The number of terminal acetylenes is 1. The second kappa shape index (κ2) is 7.31. The maximum atomic E-state index is 9.71. The predicted octanol–water partition coefficient (Wildman–Crippen LogP) is 5.35. The highest BCUT2D eigenvalue weighted by atomic mass is 16.5. The van der Waals surface area contributed by atoms with Gasteiger partial charge < -0.3 is 9.15 Å². The first-order chi connectivity index (χ1) is 13.7. The van der Waals surface area contributed by atoms with Gasteiger partial charge in [0.1, 0.15) is 23.2 Å². The lowest BCUT2D eigenvalue weighted by Gasteiger charge is -2.11. The molecule has 0 fully saturated rings. The summed E-state index contributed by atoms with van der Waals surface area (Å²) in [5.74, 6) is 3.97. The molecule has 0 unspecified atom stereocenters. The summed E-state index contributed by atoms with van der Waals surface area (Å²) in [6, 6.07) is 21.9. The number of pyridine rings is 1. The lowest BCUT2D eigenvalue weighted by atomic mass is 10.0. The quantitative estimate of drug-likeness (QED) is 0.458. The van der Waals surface area contributed by atoms with E-state index in [1.54, 1.807) is 0 Å². The molecule has 0 radical (unpaired) electrons. The number of fused-ring (bicyclic) bond motifs is 1. The zero-order valence-corrected chi connectivity index (χ0v) is 15.3. The zero-order valence-electron chi connectivity index (χ0n) is 15.3. The average molecular weight is 364 g/mol. The Balaban J connectivity index is 1.93. The number of aryl methyl sites for hydroxylation is 1. The number of hydrogen-bond donors (Lipinski definition) is 0. The number of nitriles is 1. The summed E-state index contributed by atoms with van der Waals surface area (Å²) >= 11 is 0. The van der Waals surface area contributed by atoms with Gasteiger partial charge in [-0.2, -0.15) is 5.26 Å². The highest BCUT2D eigenvalue weighted by Crippen LogP contribution is 2.35. The number of ether oxygens (including phenoxy) is 1.